The average molecular weight is 399 g/mol. The summed E-state index contributed by atoms with van der Waals surface area (Å²) in [6, 6.07) is 12.7. The normalized spacial score (nSPS) is 15.5. The van der Waals surface area contributed by atoms with Crippen LogP contribution in [0.3, 0.4) is 0 Å². The molecule has 1 fully saturated rings. The van der Waals surface area contributed by atoms with Crippen LogP contribution in [0.5, 0.6) is 5.75 Å². The van der Waals surface area contributed by atoms with Crippen molar-refractivity contribution in [2.75, 3.05) is 11.5 Å². The molecule has 27 heavy (non-hydrogen) atoms. The molecule has 0 spiro atoms. The number of aliphatic carboxylic acids is 1. The lowest BCUT2D eigenvalue weighted by Crippen LogP contribution is -2.28. The van der Waals surface area contributed by atoms with Crippen LogP contribution in [0.1, 0.15) is 16.7 Å². The van der Waals surface area contributed by atoms with Gasteiger partial charge in [0.2, 0.25) is 0 Å². The quantitative estimate of drug-likeness (QED) is 0.601. The minimum Gasteiger partial charge on any atom is -0.481 e. The van der Waals surface area contributed by atoms with Crippen molar-refractivity contribution >= 4 is 51.9 Å². The van der Waals surface area contributed by atoms with E-state index >= 15 is 0 Å². The van der Waals surface area contributed by atoms with E-state index in [9.17, 15) is 9.59 Å². The monoisotopic (exact) mass is 399 g/mol. The summed E-state index contributed by atoms with van der Waals surface area (Å²) in [6.45, 7) is 3.50. The number of hydrogen-bond acceptors (Lipinski definition) is 5. The topological polar surface area (TPSA) is 66.8 Å². The number of hydrogen-bond donors (Lipinski definition) is 1. The molecule has 1 saturated heterocycles. The number of carbonyl (C=O) groups is 2. The van der Waals surface area contributed by atoms with Crippen molar-refractivity contribution in [2.24, 2.45) is 0 Å². The van der Waals surface area contributed by atoms with Crippen molar-refractivity contribution in [3.63, 3.8) is 0 Å². The van der Waals surface area contributed by atoms with Crippen molar-refractivity contribution in [1.29, 1.82) is 0 Å². The molecule has 0 aliphatic carbocycles. The summed E-state index contributed by atoms with van der Waals surface area (Å²) in [7, 11) is 0. The van der Waals surface area contributed by atoms with Gasteiger partial charge in [-0.2, -0.15) is 0 Å². The number of ether oxygens (including phenoxy) is 1. The summed E-state index contributed by atoms with van der Waals surface area (Å²) in [4.78, 5) is 25.7. The predicted molar refractivity (Wildman–Crippen MR) is 111 cm³/mol. The van der Waals surface area contributed by atoms with Crippen molar-refractivity contribution in [3.05, 3.63) is 64.1 Å². The number of thiocarbonyl (C=S) groups is 1. The van der Waals surface area contributed by atoms with Gasteiger partial charge in [-0.15, -0.1) is 0 Å². The van der Waals surface area contributed by atoms with E-state index in [0.29, 0.717) is 20.5 Å². The highest BCUT2D eigenvalue weighted by Gasteiger charge is 2.34. The molecule has 1 amide bonds. The van der Waals surface area contributed by atoms with E-state index in [0.717, 1.165) is 16.8 Å². The summed E-state index contributed by atoms with van der Waals surface area (Å²) in [5, 5.41) is 8.81. The number of rotatable bonds is 5. The number of carbonyl (C=O) groups excluding carboxylic acids is 1. The average Bonchev–Trinajstić information content (AvgIpc) is 2.90. The molecule has 1 heterocycles. The maximum absolute atomic E-state index is 13.0. The standard InChI is InChI=1S/C20H17NO4S2/c1-12-6-5-8-15(13(12)2)21-19(24)17(27-20(21)26)10-14-7-3-4-9-16(14)25-11-18(22)23/h3-10H,11H2,1-2H3,(H,22,23)/b17-10+. The SMILES string of the molecule is Cc1cccc(N2C(=O)/C(=C\c3ccccc3OCC(=O)O)SC2=S)c1C. The Morgan fingerprint density at radius 3 is 2.70 bits per heavy atom. The highest BCUT2D eigenvalue weighted by atomic mass is 32.2. The molecule has 2 aromatic carbocycles. The lowest BCUT2D eigenvalue weighted by atomic mass is 10.1. The summed E-state index contributed by atoms with van der Waals surface area (Å²) in [5.41, 5.74) is 3.48. The minimum absolute atomic E-state index is 0.202. The predicted octanol–water partition coefficient (Wildman–Crippen LogP) is 4.17. The third-order valence-corrected chi connectivity index (χ3v) is 5.47. The largest absolute Gasteiger partial charge is 0.481 e. The minimum atomic E-state index is -1.06. The van der Waals surface area contributed by atoms with Gasteiger partial charge in [0.15, 0.2) is 10.9 Å². The van der Waals surface area contributed by atoms with Crippen LogP contribution in [-0.2, 0) is 9.59 Å². The summed E-state index contributed by atoms with van der Waals surface area (Å²) >= 11 is 6.65. The maximum atomic E-state index is 13.0. The first-order valence-electron chi connectivity index (χ1n) is 8.16. The number of benzene rings is 2. The van der Waals surface area contributed by atoms with Crippen LogP contribution in [0.25, 0.3) is 6.08 Å². The number of anilines is 1. The Hall–Kier alpha value is -2.64. The van der Waals surface area contributed by atoms with Crippen molar-refractivity contribution in [2.45, 2.75) is 13.8 Å². The number of nitrogens with zero attached hydrogens (tertiary/aromatic N) is 1. The number of thioether (sulfide) groups is 1. The molecule has 5 nitrogen and oxygen atoms in total. The third kappa shape index (κ3) is 4.04. The van der Waals surface area contributed by atoms with Gasteiger partial charge in [-0.25, -0.2) is 4.79 Å². The molecule has 0 bridgehead atoms. The number of para-hydroxylation sites is 1. The Balaban J connectivity index is 1.94. The van der Waals surface area contributed by atoms with E-state index in [-0.39, 0.29) is 5.91 Å². The Morgan fingerprint density at radius 1 is 1.22 bits per heavy atom. The molecule has 0 unspecified atom stereocenters. The van der Waals surface area contributed by atoms with Crippen LogP contribution in [0.2, 0.25) is 0 Å². The number of carboxylic acid groups (broad SMARTS) is 1. The van der Waals surface area contributed by atoms with Crippen LogP contribution < -0.4 is 9.64 Å². The van der Waals surface area contributed by atoms with Gasteiger partial charge in [0.05, 0.1) is 10.6 Å². The van der Waals surface area contributed by atoms with Crippen LogP contribution in [0.4, 0.5) is 5.69 Å². The first-order chi connectivity index (χ1) is 12.9. The molecule has 7 heteroatoms. The Morgan fingerprint density at radius 2 is 1.96 bits per heavy atom. The lowest BCUT2D eigenvalue weighted by Gasteiger charge is -2.18. The molecule has 138 valence electrons. The fourth-order valence-electron chi connectivity index (χ4n) is 2.67. The zero-order chi connectivity index (χ0) is 19.6. The Labute approximate surface area is 166 Å². The number of amides is 1. The van der Waals surface area contributed by atoms with Crippen LogP contribution in [-0.4, -0.2) is 27.9 Å². The van der Waals surface area contributed by atoms with Gasteiger partial charge >= 0.3 is 5.97 Å². The first-order valence-corrected chi connectivity index (χ1v) is 9.38. The van der Waals surface area contributed by atoms with Gasteiger partial charge in [0.25, 0.3) is 5.91 Å². The second-order valence-corrected chi connectivity index (χ2v) is 7.63. The molecule has 0 radical (unpaired) electrons. The summed E-state index contributed by atoms with van der Waals surface area (Å²) < 4.78 is 5.77. The Bertz CT molecular complexity index is 968. The van der Waals surface area contributed by atoms with Crippen molar-refractivity contribution in [1.82, 2.24) is 0 Å². The van der Waals surface area contributed by atoms with Crippen LogP contribution >= 0.6 is 24.0 Å². The highest BCUT2D eigenvalue weighted by molar-refractivity contribution is 8.27. The molecule has 3 rings (SSSR count). The van der Waals surface area contributed by atoms with Gasteiger partial charge in [0, 0.05) is 5.56 Å². The fourth-order valence-corrected chi connectivity index (χ4v) is 3.94. The molecule has 0 saturated carbocycles. The zero-order valence-corrected chi connectivity index (χ0v) is 16.4. The highest BCUT2D eigenvalue weighted by Crippen LogP contribution is 2.38. The van der Waals surface area contributed by atoms with E-state index < -0.39 is 12.6 Å². The van der Waals surface area contributed by atoms with Gasteiger partial charge in [-0.05, 0) is 43.2 Å². The van der Waals surface area contributed by atoms with E-state index in [1.165, 1.54) is 16.7 Å². The van der Waals surface area contributed by atoms with Gasteiger partial charge in [0.1, 0.15) is 5.75 Å². The summed E-state index contributed by atoms with van der Waals surface area (Å²) in [5.74, 6) is -0.866. The first kappa shape index (κ1) is 19.1. The van der Waals surface area contributed by atoms with Crippen LogP contribution in [0, 0.1) is 13.8 Å². The summed E-state index contributed by atoms with van der Waals surface area (Å²) in [6.07, 6.45) is 1.68. The molecule has 1 N–H and O–H groups in total. The molecular weight excluding hydrogens is 382 g/mol. The van der Waals surface area contributed by atoms with E-state index in [4.69, 9.17) is 22.1 Å². The molecule has 0 atom stereocenters. The van der Waals surface area contributed by atoms with E-state index in [1.54, 1.807) is 30.3 Å². The van der Waals surface area contributed by atoms with Gasteiger partial charge < -0.3 is 9.84 Å². The van der Waals surface area contributed by atoms with Crippen molar-refractivity contribution < 1.29 is 19.4 Å². The number of carboxylic acids is 1. The van der Waals surface area contributed by atoms with Gasteiger partial charge in [-0.1, -0.05) is 54.3 Å². The molecule has 1 aliphatic heterocycles. The fraction of sp³-hybridized carbons (Fsp3) is 0.150. The van der Waals surface area contributed by atoms with E-state index in [1.807, 2.05) is 32.0 Å². The second-order valence-electron chi connectivity index (χ2n) is 5.96. The maximum Gasteiger partial charge on any atom is 0.341 e. The molecule has 1 aliphatic rings. The zero-order valence-electron chi connectivity index (χ0n) is 14.8. The number of aryl methyl sites for hydroxylation is 1. The third-order valence-electron chi connectivity index (χ3n) is 4.17. The Kier molecular flexibility index (Phi) is 5.62. The smallest absolute Gasteiger partial charge is 0.341 e. The molecule has 0 aromatic heterocycles. The van der Waals surface area contributed by atoms with Crippen LogP contribution in [0.15, 0.2) is 47.4 Å². The molecule has 2 aromatic rings. The van der Waals surface area contributed by atoms with E-state index in [2.05, 4.69) is 0 Å². The van der Waals surface area contributed by atoms with Gasteiger partial charge in [-0.3, -0.25) is 9.69 Å². The molecular formula is C20H17NO4S2. The van der Waals surface area contributed by atoms with Crippen molar-refractivity contribution in [3.8, 4) is 5.75 Å². The lowest BCUT2D eigenvalue weighted by molar-refractivity contribution is -0.139. The second kappa shape index (κ2) is 7.94.